The number of pyridine rings is 1. The molecule has 6 nitrogen and oxygen atoms in total. The molecule has 3 heterocycles. The Morgan fingerprint density at radius 2 is 1.81 bits per heavy atom. The molecular weight excluding hydrogens is 350 g/mol. The van der Waals surface area contributed by atoms with Gasteiger partial charge in [0.05, 0.1) is 6.54 Å². The highest BCUT2D eigenvalue weighted by molar-refractivity contribution is 5.85. The third-order valence-corrected chi connectivity index (χ3v) is 5.16. The smallest absolute Gasteiger partial charge is 0.330 e. The molecule has 0 unspecified atom stereocenters. The molecule has 4 rings (SSSR count). The summed E-state index contributed by atoms with van der Waals surface area (Å²) in [5.41, 5.74) is 7.97. The molecule has 7 heteroatoms. The Hall–Kier alpha value is -2.15. The van der Waals surface area contributed by atoms with Crippen LogP contribution in [-0.2, 0) is 6.54 Å². The first-order valence-electron chi connectivity index (χ1n) is 8.78. The molecule has 0 spiro atoms. The van der Waals surface area contributed by atoms with Crippen LogP contribution >= 0.6 is 12.4 Å². The van der Waals surface area contributed by atoms with Gasteiger partial charge in [-0.2, -0.15) is 0 Å². The van der Waals surface area contributed by atoms with Gasteiger partial charge in [-0.3, -0.25) is 4.40 Å². The monoisotopic (exact) mass is 373 g/mol. The summed E-state index contributed by atoms with van der Waals surface area (Å²) in [5.74, 6) is 0.921. The Balaban J connectivity index is 0.00000196. The van der Waals surface area contributed by atoms with Crippen molar-refractivity contribution in [2.75, 3.05) is 26.2 Å². The summed E-state index contributed by atoms with van der Waals surface area (Å²) >= 11 is 0. The van der Waals surface area contributed by atoms with E-state index in [9.17, 15) is 4.79 Å². The number of hydrogen-bond donors (Lipinski definition) is 1. The van der Waals surface area contributed by atoms with Crippen LogP contribution in [0.15, 0.2) is 59.5 Å². The number of nitrogens with two attached hydrogens (primary N) is 1. The summed E-state index contributed by atoms with van der Waals surface area (Å²) in [4.78, 5) is 14.8. The van der Waals surface area contributed by atoms with Crippen molar-refractivity contribution < 1.29 is 0 Å². The maximum absolute atomic E-state index is 12.4. The van der Waals surface area contributed by atoms with Crippen molar-refractivity contribution in [2.45, 2.75) is 12.5 Å². The molecule has 0 aliphatic carbocycles. The van der Waals surface area contributed by atoms with Gasteiger partial charge in [-0.15, -0.1) is 17.5 Å². The second kappa shape index (κ2) is 8.03. The lowest BCUT2D eigenvalue weighted by Gasteiger charge is -2.16. The van der Waals surface area contributed by atoms with Gasteiger partial charge < -0.3 is 10.6 Å². The Labute approximate surface area is 158 Å². The summed E-state index contributed by atoms with van der Waals surface area (Å²) < 4.78 is 3.14. The van der Waals surface area contributed by atoms with E-state index in [2.05, 4.69) is 34.3 Å². The molecule has 1 fully saturated rings. The van der Waals surface area contributed by atoms with Gasteiger partial charge in [-0.05, 0) is 30.2 Å². The van der Waals surface area contributed by atoms with Crippen molar-refractivity contribution in [2.24, 2.45) is 11.7 Å². The number of hydrogen-bond acceptors (Lipinski definition) is 4. The van der Waals surface area contributed by atoms with Crippen molar-refractivity contribution in [1.82, 2.24) is 19.1 Å². The van der Waals surface area contributed by atoms with E-state index in [-0.39, 0.29) is 18.1 Å². The zero-order valence-electron chi connectivity index (χ0n) is 14.6. The molecule has 26 heavy (non-hydrogen) atoms. The zero-order valence-corrected chi connectivity index (χ0v) is 15.4. The number of nitrogens with zero attached hydrogens (tertiary/aromatic N) is 4. The quantitative estimate of drug-likeness (QED) is 0.737. The molecule has 1 aliphatic rings. The van der Waals surface area contributed by atoms with Crippen LogP contribution in [0.25, 0.3) is 5.65 Å². The number of aromatic nitrogens is 3. The molecular formula is C19H24ClN5O. The van der Waals surface area contributed by atoms with Crippen LogP contribution in [0.1, 0.15) is 11.5 Å². The van der Waals surface area contributed by atoms with E-state index in [1.165, 1.54) is 5.56 Å². The van der Waals surface area contributed by atoms with Crippen LogP contribution in [0.3, 0.4) is 0 Å². The number of likely N-dealkylation sites (tertiary alicyclic amines) is 1. The summed E-state index contributed by atoms with van der Waals surface area (Å²) in [5, 5.41) is 4.41. The number of rotatable bonds is 5. The molecule has 2 aromatic heterocycles. The van der Waals surface area contributed by atoms with Gasteiger partial charge in [-0.1, -0.05) is 36.4 Å². The van der Waals surface area contributed by atoms with Crippen molar-refractivity contribution in [3.8, 4) is 0 Å². The number of fused-ring (bicyclic) bond motifs is 1. The zero-order chi connectivity index (χ0) is 17.2. The second-order valence-corrected chi connectivity index (χ2v) is 6.71. The molecule has 0 amide bonds. The largest absolute Gasteiger partial charge is 0.350 e. The highest BCUT2D eigenvalue weighted by Gasteiger charge is 2.32. The van der Waals surface area contributed by atoms with E-state index in [0.717, 1.165) is 19.6 Å². The summed E-state index contributed by atoms with van der Waals surface area (Å²) in [6.45, 7) is 4.04. The fraction of sp³-hybridized carbons (Fsp3) is 0.368. The lowest BCUT2D eigenvalue weighted by atomic mass is 9.89. The maximum atomic E-state index is 12.4. The van der Waals surface area contributed by atoms with Crippen LogP contribution < -0.4 is 11.4 Å². The van der Waals surface area contributed by atoms with Crippen molar-refractivity contribution in [1.29, 1.82) is 0 Å². The van der Waals surface area contributed by atoms with Crippen LogP contribution in [-0.4, -0.2) is 45.3 Å². The predicted molar refractivity (Wildman–Crippen MR) is 105 cm³/mol. The molecule has 0 saturated carbocycles. The van der Waals surface area contributed by atoms with Gasteiger partial charge >= 0.3 is 5.69 Å². The maximum Gasteiger partial charge on any atom is 0.350 e. The molecule has 1 saturated heterocycles. The van der Waals surface area contributed by atoms with Crippen LogP contribution in [0.5, 0.6) is 0 Å². The topological polar surface area (TPSA) is 68.6 Å². The fourth-order valence-electron chi connectivity index (χ4n) is 3.81. The van der Waals surface area contributed by atoms with Gasteiger partial charge in [-0.25, -0.2) is 9.48 Å². The van der Waals surface area contributed by atoms with E-state index in [4.69, 9.17) is 5.73 Å². The van der Waals surface area contributed by atoms with E-state index in [1.807, 2.05) is 24.3 Å². The van der Waals surface area contributed by atoms with Gasteiger partial charge in [0.15, 0.2) is 5.65 Å². The molecule has 0 bridgehead atoms. The number of benzene rings is 1. The molecule has 0 radical (unpaired) electrons. The number of halogens is 1. The summed E-state index contributed by atoms with van der Waals surface area (Å²) in [6.07, 6.45) is 1.76. The second-order valence-electron chi connectivity index (χ2n) is 6.71. The van der Waals surface area contributed by atoms with Gasteiger partial charge in [0.25, 0.3) is 0 Å². The molecule has 138 valence electrons. The Morgan fingerprint density at radius 3 is 2.54 bits per heavy atom. The molecule has 1 aromatic carbocycles. The minimum Gasteiger partial charge on any atom is -0.330 e. The first kappa shape index (κ1) is 18.6. The van der Waals surface area contributed by atoms with Gasteiger partial charge in [0.1, 0.15) is 0 Å². The Bertz CT molecular complexity index is 907. The van der Waals surface area contributed by atoms with E-state index < -0.39 is 0 Å². The third-order valence-electron chi connectivity index (χ3n) is 5.16. The lowest BCUT2D eigenvalue weighted by Crippen LogP contribution is -2.30. The normalized spacial score (nSPS) is 20.3. The van der Waals surface area contributed by atoms with Crippen molar-refractivity contribution >= 4 is 18.1 Å². The molecule has 2 N–H and O–H groups in total. The van der Waals surface area contributed by atoms with E-state index in [0.29, 0.717) is 30.6 Å². The van der Waals surface area contributed by atoms with Crippen LogP contribution in [0.2, 0.25) is 0 Å². The Kier molecular flexibility index (Phi) is 5.76. The standard InChI is InChI=1S/C19H23N5O.ClH/c20-12-16-13-22(14-17(16)15-6-2-1-3-7-15)10-11-24-19(25)23-9-5-4-8-18(23)21-24;/h1-9,16-17H,10-14,20H2;1H/t16-,17+;/m1./s1. The minimum absolute atomic E-state index is 0. The van der Waals surface area contributed by atoms with Crippen molar-refractivity contribution in [3.05, 3.63) is 70.8 Å². The highest BCUT2D eigenvalue weighted by atomic mass is 35.5. The molecule has 2 atom stereocenters. The van der Waals surface area contributed by atoms with Crippen LogP contribution in [0, 0.1) is 5.92 Å². The fourth-order valence-corrected chi connectivity index (χ4v) is 3.81. The van der Waals surface area contributed by atoms with Crippen LogP contribution in [0.4, 0.5) is 0 Å². The molecule has 1 aliphatic heterocycles. The van der Waals surface area contributed by atoms with E-state index >= 15 is 0 Å². The third kappa shape index (κ3) is 3.53. The minimum atomic E-state index is -0.0789. The average molecular weight is 374 g/mol. The van der Waals surface area contributed by atoms with Crippen molar-refractivity contribution in [3.63, 3.8) is 0 Å². The lowest BCUT2D eigenvalue weighted by molar-refractivity contribution is 0.301. The average Bonchev–Trinajstić information content (AvgIpc) is 3.22. The molecule has 3 aromatic rings. The highest BCUT2D eigenvalue weighted by Crippen LogP contribution is 2.31. The Morgan fingerprint density at radius 1 is 1.04 bits per heavy atom. The first-order valence-corrected chi connectivity index (χ1v) is 8.78. The predicted octanol–water partition coefficient (Wildman–Crippen LogP) is 1.59. The SMILES string of the molecule is Cl.NC[C@@H]1CN(CCn2nc3ccccn3c2=O)C[C@H]1c1ccccc1. The van der Waals surface area contributed by atoms with E-state index in [1.54, 1.807) is 15.3 Å². The summed E-state index contributed by atoms with van der Waals surface area (Å²) in [6, 6.07) is 16.2. The van der Waals surface area contributed by atoms with Gasteiger partial charge in [0.2, 0.25) is 0 Å². The first-order chi connectivity index (χ1) is 12.3. The summed E-state index contributed by atoms with van der Waals surface area (Å²) in [7, 11) is 0. The van der Waals surface area contributed by atoms with Gasteiger partial charge in [0, 0.05) is 31.7 Å².